The van der Waals surface area contributed by atoms with E-state index in [0.717, 1.165) is 36.1 Å². The Kier molecular flexibility index (Phi) is 3.78. The van der Waals surface area contributed by atoms with Gasteiger partial charge in [0.25, 0.3) is 0 Å². The molecule has 0 unspecified atom stereocenters. The summed E-state index contributed by atoms with van der Waals surface area (Å²) in [6.07, 6.45) is 1.88. The molecule has 1 fully saturated rings. The number of nitrogens with zero attached hydrogens (tertiary/aromatic N) is 3. The molecular formula is C19H19ClN4O. The van der Waals surface area contributed by atoms with Gasteiger partial charge in [-0.2, -0.15) is 0 Å². The lowest BCUT2D eigenvalue weighted by Gasteiger charge is -2.30. The van der Waals surface area contributed by atoms with E-state index in [4.69, 9.17) is 22.3 Å². The zero-order chi connectivity index (χ0) is 17.6. The fourth-order valence-corrected chi connectivity index (χ4v) is 3.32. The highest BCUT2D eigenvalue weighted by atomic mass is 35.5. The topological polar surface area (TPSA) is 75.3 Å². The Morgan fingerprint density at radius 1 is 1.20 bits per heavy atom. The monoisotopic (exact) mass is 354 g/mol. The van der Waals surface area contributed by atoms with Gasteiger partial charge < -0.3 is 15.7 Å². The zero-order valence-electron chi connectivity index (χ0n) is 13.9. The fraction of sp³-hybridized carbons (Fsp3) is 0.263. The SMILES string of the molecule is CCN(c1nc(-c2cc(Cl)ccc2O)nc2ccccc12)C1(N)CC1. The Hall–Kier alpha value is -2.37. The Balaban J connectivity index is 1.97. The molecule has 0 radical (unpaired) electrons. The largest absolute Gasteiger partial charge is 0.507 e. The van der Waals surface area contributed by atoms with Crippen molar-refractivity contribution < 1.29 is 5.11 Å². The second kappa shape index (κ2) is 5.86. The van der Waals surface area contributed by atoms with Gasteiger partial charge in [-0.3, -0.25) is 0 Å². The van der Waals surface area contributed by atoms with Crippen LogP contribution in [0.5, 0.6) is 5.75 Å². The van der Waals surface area contributed by atoms with Crippen LogP contribution in [0.15, 0.2) is 42.5 Å². The lowest BCUT2D eigenvalue weighted by atomic mass is 10.1. The van der Waals surface area contributed by atoms with Crippen LogP contribution in [-0.2, 0) is 0 Å². The smallest absolute Gasteiger partial charge is 0.165 e. The van der Waals surface area contributed by atoms with E-state index < -0.39 is 0 Å². The standard InChI is InChI=1S/C19H19ClN4O/c1-2-24(19(21)9-10-19)18-13-5-3-4-6-15(13)22-17(23-18)14-11-12(20)7-8-16(14)25/h3-8,11,25H,2,9-10,21H2,1H3. The van der Waals surface area contributed by atoms with Crippen molar-refractivity contribution in [1.29, 1.82) is 0 Å². The predicted octanol–water partition coefficient (Wildman–Crippen LogP) is 3.93. The Morgan fingerprint density at radius 2 is 1.96 bits per heavy atom. The molecule has 0 amide bonds. The minimum absolute atomic E-state index is 0.0996. The molecule has 0 spiro atoms. The highest BCUT2D eigenvalue weighted by Crippen LogP contribution is 2.41. The van der Waals surface area contributed by atoms with Gasteiger partial charge >= 0.3 is 0 Å². The molecule has 0 atom stereocenters. The summed E-state index contributed by atoms with van der Waals surface area (Å²) >= 11 is 6.10. The number of aromatic hydroxyl groups is 1. The van der Waals surface area contributed by atoms with Crippen LogP contribution in [0.3, 0.4) is 0 Å². The van der Waals surface area contributed by atoms with Crippen LogP contribution in [-0.4, -0.2) is 27.3 Å². The van der Waals surface area contributed by atoms with Gasteiger partial charge in [0.05, 0.1) is 16.7 Å². The summed E-state index contributed by atoms with van der Waals surface area (Å²) in [6, 6.07) is 12.7. The number of halogens is 1. The Bertz CT molecular complexity index is 955. The average Bonchev–Trinajstić information content (AvgIpc) is 3.35. The molecule has 128 valence electrons. The fourth-order valence-electron chi connectivity index (χ4n) is 3.15. The van der Waals surface area contributed by atoms with Crippen LogP contribution in [0.2, 0.25) is 5.02 Å². The third-order valence-electron chi connectivity index (χ3n) is 4.65. The minimum Gasteiger partial charge on any atom is -0.507 e. The van der Waals surface area contributed by atoms with E-state index in [1.165, 1.54) is 0 Å². The molecule has 25 heavy (non-hydrogen) atoms. The Morgan fingerprint density at radius 3 is 2.68 bits per heavy atom. The predicted molar refractivity (Wildman–Crippen MR) is 101 cm³/mol. The molecule has 3 N–H and O–H groups in total. The summed E-state index contributed by atoms with van der Waals surface area (Å²) in [7, 11) is 0. The van der Waals surface area contributed by atoms with Crippen molar-refractivity contribution in [1.82, 2.24) is 9.97 Å². The van der Waals surface area contributed by atoms with Gasteiger partial charge in [-0.1, -0.05) is 23.7 Å². The van der Waals surface area contributed by atoms with Gasteiger partial charge in [0.1, 0.15) is 11.6 Å². The van der Waals surface area contributed by atoms with Crippen molar-refractivity contribution in [3.8, 4) is 17.1 Å². The summed E-state index contributed by atoms with van der Waals surface area (Å²) in [4.78, 5) is 11.5. The van der Waals surface area contributed by atoms with E-state index >= 15 is 0 Å². The van der Waals surface area contributed by atoms with Crippen molar-refractivity contribution >= 4 is 28.3 Å². The maximum absolute atomic E-state index is 10.2. The highest BCUT2D eigenvalue weighted by Gasteiger charge is 2.45. The van der Waals surface area contributed by atoms with E-state index in [0.29, 0.717) is 16.4 Å². The number of phenols is 1. The molecule has 0 saturated heterocycles. The van der Waals surface area contributed by atoms with Crippen molar-refractivity contribution in [3.63, 3.8) is 0 Å². The average molecular weight is 355 g/mol. The molecule has 4 rings (SSSR count). The zero-order valence-corrected chi connectivity index (χ0v) is 14.7. The molecule has 5 nitrogen and oxygen atoms in total. The Labute approximate surface area is 151 Å². The van der Waals surface area contributed by atoms with Gasteiger partial charge in [-0.15, -0.1) is 0 Å². The number of aromatic nitrogens is 2. The van der Waals surface area contributed by atoms with E-state index in [1.54, 1.807) is 18.2 Å². The number of benzene rings is 2. The second-order valence-electron chi connectivity index (χ2n) is 6.40. The van der Waals surface area contributed by atoms with Crippen molar-refractivity contribution in [2.45, 2.75) is 25.4 Å². The number of anilines is 1. The number of rotatable bonds is 4. The lowest BCUT2D eigenvalue weighted by Crippen LogP contribution is -2.45. The van der Waals surface area contributed by atoms with Gasteiger partial charge in [-0.05, 0) is 50.1 Å². The second-order valence-corrected chi connectivity index (χ2v) is 6.83. The highest BCUT2D eigenvalue weighted by molar-refractivity contribution is 6.30. The van der Waals surface area contributed by atoms with Crippen LogP contribution in [0.25, 0.3) is 22.3 Å². The summed E-state index contributed by atoms with van der Waals surface area (Å²) in [5.41, 5.74) is 7.44. The molecule has 1 saturated carbocycles. The van der Waals surface area contributed by atoms with Crippen molar-refractivity contribution in [2.75, 3.05) is 11.4 Å². The van der Waals surface area contributed by atoms with Crippen molar-refractivity contribution in [3.05, 3.63) is 47.5 Å². The van der Waals surface area contributed by atoms with Gasteiger partial charge in [0.2, 0.25) is 0 Å². The first-order chi connectivity index (χ1) is 12.0. The first-order valence-corrected chi connectivity index (χ1v) is 8.72. The van der Waals surface area contributed by atoms with Crippen LogP contribution in [0.4, 0.5) is 5.82 Å². The molecule has 0 bridgehead atoms. The molecule has 0 aliphatic heterocycles. The third kappa shape index (κ3) is 2.79. The van der Waals surface area contributed by atoms with Crippen LogP contribution in [0.1, 0.15) is 19.8 Å². The minimum atomic E-state index is -0.348. The number of phenolic OH excluding ortho intramolecular Hbond substituents is 1. The number of para-hydroxylation sites is 1. The summed E-state index contributed by atoms with van der Waals surface area (Å²) in [6.45, 7) is 2.82. The summed E-state index contributed by atoms with van der Waals surface area (Å²) in [5.74, 6) is 1.33. The van der Waals surface area contributed by atoms with Gasteiger partial charge in [0.15, 0.2) is 5.82 Å². The molecule has 3 aromatic rings. The molecule has 1 aliphatic rings. The van der Waals surface area contributed by atoms with Gasteiger partial charge in [-0.25, -0.2) is 9.97 Å². The molecule has 1 aliphatic carbocycles. The number of nitrogens with two attached hydrogens (primary N) is 1. The molecule has 2 aromatic carbocycles. The summed E-state index contributed by atoms with van der Waals surface area (Å²) < 4.78 is 0. The maximum Gasteiger partial charge on any atom is 0.165 e. The molecule has 1 aromatic heterocycles. The summed E-state index contributed by atoms with van der Waals surface area (Å²) in [5, 5.41) is 11.7. The van der Waals surface area contributed by atoms with E-state index in [-0.39, 0.29) is 11.4 Å². The van der Waals surface area contributed by atoms with Crippen LogP contribution < -0.4 is 10.6 Å². The third-order valence-corrected chi connectivity index (χ3v) is 4.89. The first-order valence-electron chi connectivity index (χ1n) is 8.34. The normalized spacial score (nSPS) is 15.3. The van der Waals surface area contributed by atoms with Gasteiger partial charge in [0, 0.05) is 17.0 Å². The number of hydrogen-bond donors (Lipinski definition) is 2. The van der Waals surface area contributed by atoms with E-state index in [9.17, 15) is 5.11 Å². The van der Waals surface area contributed by atoms with Crippen molar-refractivity contribution in [2.24, 2.45) is 5.73 Å². The molecule has 1 heterocycles. The van der Waals surface area contributed by atoms with Crippen LogP contribution in [0, 0.1) is 0 Å². The quantitative estimate of drug-likeness (QED) is 0.694. The number of hydrogen-bond acceptors (Lipinski definition) is 5. The van der Waals surface area contributed by atoms with Crippen LogP contribution >= 0.6 is 11.6 Å². The number of fused-ring (bicyclic) bond motifs is 1. The maximum atomic E-state index is 10.2. The molecule has 6 heteroatoms. The molecular weight excluding hydrogens is 336 g/mol. The van der Waals surface area contributed by atoms with E-state index in [2.05, 4.69) is 16.8 Å². The first kappa shape index (κ1) is 16.1. The van der Waals surface area contributed by atoms with E-state index in [1.807, 2.05) is 24.3 Å². The lowest BCUT2D eigenvalue weighted by molar-refractivity contribution is 0.477.